The minimum absolute atomic E-state index is 0.0112. The van der Waals surface area contributed by atoms with E-state index in [1.807, 2.05) is 41.9 Å². The smallest absolute Gasteiger partial charge is 0.238 e. The second-order valence-corrected chi connectivity index (χ2v) is 9.31. The zero-order chi connectivity index (χ0) is 21.0. The average molecular weight is 432 g/mol. The van der Waals surface area contributed by atoms with Crippen LogP contribution in [0.1, 0.15) is 18.3 Å². The van der Waals surface area contributed by atoms with Crippen LogP contribution in [0.15, 0.2) is 64.6 Å². The van der Waals surface area contributed by atoms with Crippen molar-refractivity contribution in [1.29, 1.82) is 0 Å². The molecule has 0 saturated carbocycles. The van der Waals surface area contributed by atoms with E-state index in [-0.39, 0.29) is 10.8 Å². The number of hydrogen-bond donors (Lipinski definition) is 2. The molecule has 0 bridgehead atoms. The first kappa shape index (κ1) is 21.0. The van der Waals surface area contributed by atoms with Gasteiger partial charge in [0.1, 0.15) is 5.82 Å². The highest BCUT2D eigenvalue weighted by atomic mass is 32.2. The van der Waals surface area contributed by atoms with Crippen molar-refractivity contribution in [2.24, 2.45) is 12.2 Å². The van der Waals surface area contributed by atoms with Crippen molar-refractivity contribution < 1.29 is 13.2 Å². The van der Waals surface area contributed by atoms with E-state index >= 15 is 0 Å². The van der Waals surface area contributed by atoms with Gasteiger partial charge >= 0.3 is 0 Å². The summed E-state index contributed by atoms with van der Waals surface area (Å²) in [6.07, 6.45) is 0.655. The molecule has 0 radical (unpaired) electrons. The van der Waals surface area contributed by atoms with Crippen LogP contribution in [0.25, 0.3) is 0 Å². The monoisotopic (exact) mass is 431 g/mol. The van der Waals surface area contributed by atoms with Gasteiger partial charge in [0.05, 0.1) is 10.1 Å². The van der Waals surface area contributed by atoms with Gasteiger partial charge < -0.3 is 9.88 Å². The molecule has 1 amide bonds. The third kappa shape index (κ3) is 5.43. The molecule has 152 valence electrons. The second-order valence-electron chi connectivity index (χ2n) is 6.44. The van der Waals surface area contributed by atoms with Crippen LogP contribution >= 0.6 is 11.8 Å². The third-order valence-corrected chi connectivity index (χ3v) is 6.30. The lowest BCUT2D eigenvalue weighted by atomic mass is 10.1. The molecule has 3 aromatic rings. The van der Waals surface area contributed by atoms with Crippen molar-refractivity contribution >= 4 is 33.4 Å². The Balaban J connectivity index is 1.62. The van der Waals surface area contributed by atoms with Gasteiger partial charge in [0.15, 0.2) is 5.16 Å². The molecule has 1 heterocycles. The molecule has 1 unspecified atom stereocenters. The summed E-state index contributed by atoms with van der Waals surface area (Å²) in [5, 5.41) is 16.5. The van der Waals surface area contributed by atoms with Crippen LogP contribution in [0.2, 0.25) is 0 Å². The maximum absolute atomic E-state index is 12.5. The fraction of sp³-hybridized carbons (Fsp3) is 0.211. The Hall–Kier alpha value is -2.69. The number of nitrogens with zero attached hydrogens (tertiary/aromatic N) is 3. The molecule has 0 saturated heterocycles. The zero-order valence-corrected chi connectivity index (χ0v) is 17.6. The van der Waals surface area contributed by atoms with Gasteiger partial charge in [0, 0.05) is 19.2 Å². The Morgan fingerprint density at radius 1 is 1.14 bits per heavy atom. The van der Waals surface area contributed by atoms with Gasteiger partial charge in [-0.05, 0) is 36.8 Å². The Kier molecular flexibility index (Phi) is 6.36. The Morgan fingerprint density at radius 2 is 1.79 bits per heavy atom. The number of hydrogen-bond acceptors (Lipinski definition) is 6. The molecule has 10 heteroatoms. The molecular formula is C19H21N5O3S2. The molecule has 0 aliphatic rings. The van der Waals surface area contributed by atoms with Gasteiger partial charge in [-0.25, -0.2) is 13.6 Å². The predicted molar refractivity (Wildman–Crippen MR) is 112 cm³/mol. The molecule has 8 nitrogen and oxygen atoms in total. The fourth-order valence-electron chi connectivity index (χ4n) is 2.56. The van der Waals surface area contributed by atoms with Crippen LogP contribution in [0.4, 0.5) is 5.69 Å². The molecule has 1 aromatic heterocycles. The van der Waals surface area contributed by atoms with Crippen molar-refractivity contribution in [3.8, 4) is 0 Å². The van der Waals surface area contributed by atoms with Gasteiger partial charge in [-0.2, -0.15) is 0 Å². The molecule has 0 fully saturated rings. The number of anilines is 1. The number of benzene rings is 2. The van der Waals surface area contributed by atoms with Crippen molar-refractivity contribution in [2.45, 2.75) is 28.6 Å². The predicted octanol–water partition coefficient (Wildman–Crippen LogP) is 2.17. The van der Waals surface area contributed by atoms with Crippen LogP contribution in [-0.4, -0.2) is 34.3 Å². The SMILES string of the molecule is CC(Sc1nnc(Cc2ccccc2)n1C)C(=O)Nc1ccc(S(N)(=O)=O)cc1. The highest BCUT2D eigenvalue weighted by Gasteiger charge is 2.19. The summed E-state index contributed by atoms with van der Waals surface area (Å²) in [6, 6.07) is 15.7. The number of rotatable bonds is 7. The van der Waals surface area contributed by atoms with Crippen molar-refractivity contribution in [3.63, 3.8) is 0 Å². The van der Waals surface area contributed by atoms with Gasteiger partial charge in [0.25, 0.3) is 0 Å². The summed E-state index contributed by atoms with van der Waals surface area (Å²) >= 11 is 1.30. The summed E-state index contributed by atoms with van der Waals surface area (Å²) in [4.78, 5) is 12.5. The van der Waals surface area contributed by atoms with E-state index in [1.54, 1.807) is 6.92 Å². The van der Waals surface area contributed by atoms with Crippen molar-refractivity contribution in [2.75, 3.05) is 5.32 Å². The topological polar surface area (TPSA) is 120 Å². The van der Waals surface area contributed by atoms with E-state index in [0.29, 0.717) is 17.3 Å². The first-order valence-corrected chi connectivity index (χ1v) is 11.2. The molecule has 29 heavy (non-hydrogen) atoms. The Morgan fingerprint density at radius 3 is 2.41 bits per heavy atom. The van der Waals surface area contributed by atoms with Crippen LogP contribution in [0.3, 0.4) is 0 Å². The number of thioether (sulfide) groups is 1. The summed E-state index contributed by atoms with van der Waals surface area (Å²) in [5.74, 6) is 0.579. The number of primary sulfonamides is 1. The lowest BCUT2D eigenvalue weighted by Gasteiger charge is -2.12. The second kappa shape index (κ2) is 8.76. The molecular weight excluding hydrogens is 410 g/mol. The zero-order valence-electron chi connectivity index (χ0n) is 15.9. The Labute approximate surface area is 173 Å². The summed E-state index contributed by atoms with van der Waals surface area (Å²) in [5.41, 5.74) is 1.62. The van der Waals surface area contributed by atoms with E-state index in [9.17, 15) is 13.2 Å². The van der Waals surface area contributed by atoms with Gasteiger partial charge in [-0.3, -0.25) is 4.79 Å². The van der Waals surface area contributed by atoms with E-state index in [0.717, 1.165) is 11.4 Å². The fourth-order valence-corrected chi connectivity index (χ4v) is 3.91. The number of aromatic nitrogens is 3. The van der Waals surface area contributed by atoms with E-state index in [2.05, 4.69) is 15.5 Å². The molecule has 0 spiro atoms. The third-order valence-electron chi connectivity index (χ3n) is 4.23. The molecule has 2 aromatic carbocycles. The molecule has 1 atom stereocenters. The molecule has 0 aliphatic heterocycles. The van der Waals surface area contributed by atoms with Crippen molar-refractivity contribution in [3.05, 3.63) is 66.0 Å². The maximum Gasteiger partial charge on any atom is 0.238 e. The molecule has 3 N–H and O–H groups in total. The van der Waals surface area contributed by atoms with Crippen LogP contribution in [0, 0.1) is 0 Å². The largest absolute Gasteiger partial charge is 0.325 e. The number of carbonyl (C=O) groups is 1. The van der Waals surface area contributed by atoms with E-state index < -0.39 is 15.3 Å². The standard InChI is InChI=1S/C19H21N5O3S2/c1-13(18(25)21-15-8-10-16(11-9-15)29(20,26)27)28-19-23-22-17(24(19)2)12-14-6-4-3-5-7-14/h3-11,13H,12H2,1-2H3,(H,21,25)(H2,20,26,27). The van der Waals surface area contributed by atoms with Crippen LogP contribution in [0.5, 0.6) is 0 Å². The van der Waals surface area contributed by atoms with Gasteiger partial charge in [0.2, 0.25) is 15.9 Å². The first-order valence-electron chi connectivity index (χ1n) is 8.76. The van der Waals surface area contributed by atoms with Gasteiger partial charge in [-0.1, -0.05) is 42.1 Å². The van der Waals surface area contributed by atoms with E-state index in [1.165, 1.54) is 36.0 Å². The average Bonchev–Trinajstić information content (AvgIpc) is 3.02. The maximum atomic E-state index is 12.5. The van der Waals surface area contributed by atoms with E-state index in [4.69, 9.17) is 5.14 Å². The highest BCUT2D eigenvalue weighted by molar-refractivity contribution is 8.00. The summed E-state index contributed by atoms with van der Waals surface area (Å²) < 4.78 is 24.5. The highest BCUT2D eigenvalue weighted by Crippen LogP contribution is 2.23. The van der Waals surface area contributed by atoms with Crippen molar-refractivity contribution in [1.82, 2.24) is 14.8 Å². The Bertz CT molecular complexity index is 1100. The molecule has 3 rings (SSSR count). The summed E-state index contributed by atoms with van der Waals surface area (Å²) in [7, 11) is -1.89. The lowest BCUT2D eigenvalue weighted by molar-refractivity contribution is -0.115. The number of nitrogens with one attached hydrogen (secondary N) is 1. The minimum atomic E-state index is -3.77. The van der Waals surface area contributed by atoms with Crippen LogP contribution < -0.4 is 10.5 Å². The molecule has 0 aliphatic carbocycles. The van der Waals surface area contributed by atoms with Gasteiger partial charge in [-0.15, -0.1) is 10.2 Å². The lowest BCUT2D eigenvalue weighted by Crippen LogP contribution is -2.23. The normalized spacial score (nSPS) is 12.5. The minimum Gasteiger partial charge on any atom is -0.325 e. The van der Waals surface area contributed by atoms with Crippen LogP contribution in [-0.2, 0) is 28.3 Å². The summed E-state index contributed by atoms with van der Waals surface area (Å²) in [6.45, 7) is 1.77. The number of amides is 1. The quantitative estimate of drug-likeness (QED) is 0.553. The number of nitrogens with two attached hydrogens (primary N) is 1. The first-order chi connectivity index (χ1) is 13.7. The number of carbonyl (C=O) groups excluding carboxylic acids is 1. The number of sulfonamides is 1.